The Bertz CT molecular complexity index is 872. The van der Waals surface area contributed by atoms with Crippen LogP contribution in [0.4, 0.5) is 5.69 Å². The third kappa shape index (κ3) is 6.15. The molecule has 0 heterocycles. The van der Waals surface area contributed by atoms with Crippen LogP contribution in [0.3, 0.4) is 0 Å². The molecule has 0 aromatic heterocycles. The third-order valence-electron chi connectivity index (χ3n) is 4.08. The molecule has 0 saturated heterocycles. The maximum atomic E-state index is 12.0. The van der Waals surface area contributed by atoms with E-state index in [9.17, 15) is 24.3 Å². The number of aliphatic hydroxyl groups excluding tert-OH is 2. The molecule has 10 heteroatoms. The Kier molecular flexibility index (Phi) is 8.87. The molecule has 0 aliphatic carbocycles. The zero-order valence-corrected chi connectivity index (χ0v) is 17.2. The first-order valence-corrected chi connectivity index (χ1v) is 10.4. The molecule has 1 unspecified atom stereocenters. The van der Waals surface area contributed by atoms with E-state index in [0.717, 1.165) is 0 Å². The Hall–Kier alpha value is -2.17. The number of para-hydroxylation sites is 1. The van der Waals surface area contributed by atoms with Gasteiger partial charge in [0, 0.05) is 32.4 Å². The molecule has 0 radical (unpaired) electrons. The summed E-state index contributed by atoms with van der Waals surface area (Å²) >= 11 is 6.13. The van der Waals surface area contributed by atoms with E-state index < -0.39 is 17.0 Å². The molecule has 2 aromatic rings. The number of hydrogen-bond acceptors (Lipinski definition) is 6. The van der Waals surface area contributed by atoms with Crippen molar-refractivity contribution in [3.05, 3.63) is 47.0 Å². The number of nitrogens with zero attached hydrogens (tertiary/aromatic N) is 1. The molecule has 0 fully saturated rings. The molecule has 0 saturated carbocycles. The van der Waals surface area contributed by atoms with Gasteiger partial charge in [0.15, 0.2) is 0 Å². The minimum Gasteiger partial charge on any atom is -0.478 e. The topological polar surface area (TPSA) is 133 Å². The van der Waals surface area contributed by atoms with Gasteiger partial charge in [-0.1, -0.05) is 23.7 Å². The molecule has 0 spiro atoms. The zero-order chi connectivity index (χ0) is 21.4. The van der Waals surface area contributed by atoms with E-state index in [4.69, 9.17) is 21.5 Å². The number of ether oxygens (including phenoxy) is 1. The van der Waals surface area contributed by atoms with Crippen LogP contribution in [0.15, 0.2) is 41.3 Å². The number of aliphatic hydroxyl groups is 2. The van der Waals surface area contributed by atoms with Crippen LogP contribution >= 0.6 is 11.6 Å². The molecular formula is C19H23ClN2O6S. The van der Waals surface area contributed by atoms with Crippen molar-refractivity contribution in [1.82, 2.24) is 0 Å². The van der Waals surface area contributed by atoms with Gasteiger partial charge in [-0.15, -0.1) is 0 Å². The second-order valence-electron chi connectivity index (χ2n) is 6.09. The van der Waals surface area contributed by atoms with E-state index in [1.165, 1.54) is 12.1 Å². The number of carbonyl (C=O) groups is 1. The van der Waals surface area contributed by atoms with Gasteiger partial charge in [0.2, 0.25) is 0 Å². The standard InChI is InChI=1S/C19H23ClN2O6S/c20-14-5-1-2-6-16(14)28-17-12-15(22(7-3-9-23)8-4-10-24)13(19(25)26)11-18(17)29(21)27/h1-2,5-6,11-12,23-24H,3-4,7-10,21H2,(H,25,26). The third-order valence-corrected chi connectivity index (χ3v) is 5.14. The Morgan fingerprint density at radius 2 is 1.72 bits per heavy atom. The fourth-order valence-corrected chi connectivity index (χ4v) is 3.45. The molecule has 0 bridgehead atoms. The van der Waals surface area contributed by atoms with Gasteiger partial charge in [-0.05, 0) is 31.0 Å². The van der Waals surface area contributed by atoms with E-state index >= 15 is 0 Å². The summed E-state index contributed by atoms with van der Waals surface area (Å²) in [5, 5.41) is 33.9. The van der Waals surface area contributed by atoms with Crippen LogP contribution in [-0.2, 0) is 11.0 Å². The highest BCUT2D eigenvalue weighted by molar-refractivity contribution is 7.82. The highest BCUT2D eigenvalue weighted by atomic mass is 35.5. The first kappa shape index (κ1) is 23.1. The van der Waals surface area contributed by atoms with Crippen LogP contribution in [0.25, 0.3) is 0 Å². The summed E-state index contributed by atoms with van der Waals surface area (Å²) in [4.78, 5) is 13.6. The highest BCUT2D eigenvalue weighted by Crippen LogP contribution is 2.37. The molecule has 8 nitrogen and oxygen atoms in total. The molecule has 0 amide bonds. The number of nitrogens with two attached hydrogens (primary N) is 1. The number of rotatable bonds is 11. The lowest BCUT2D eigenvalue weighted by atomic mass is 10.1. The smallest absolute Gasteiger partial charge is 0.337 e. The minimum absolute atomic E-state index is 0.00957. The fraction of sp³-hybridized carbons (Fsp3) is 0.316. The highest BCUT2D eigenvalue weighted by Gasteiger charge is 2.22. The van der Waals surface area contributed by atoms with Crippen molar-refractivity contribution in [2.24, 2.45) is 5.14 Å². The first-order chi connectivity index (χ1) is 13.9. The largest absolute Gasteiger partial charge is 0.478 e. The average molecular weight is 443 g/mol. The number of hydrogen-bond donors (Lipinski definition) is 4. The summed E-state index contributed by atoms with van der Waals surface area (Å²) in [6.45, 7) is 0.554. The van der Waals surface area contributed by atoms with Crippen LogP contribution in [0.1, 0.15) is 23.2 Å². The Morgan fingerprint density at radius 3 is 2.24 bits per heavy atom. The van der Waals surface area contributed by atoms with E-state index in [2.05, 4.69) is 0 Å². The van der Waals surface area contributed by atoms with Gasteiger partial charge in [-0.25, -0.2) is 14.1 Å². The van der Waals surface area contributed by atoms with E-state index in [0.29, 0.717) is 42.4 Å². The Morgan fingerprint density at radius 1 is 1.10 bits per heavy atom. The van der Waals surface area contributed by atoms with Gasteiger partial charge >= 0.3 is 5.97 Å². The van der Waals surface area contributed by atoms with Gasteiger partial charge < -0.3 is 25.0 Å². The quantitative estimate of drug-likeness (QED) is 0.419. The first-order valence-electron chi connectivity index (χ1n) is 8.85. The van der Waals surface area contributed by atoms with Crippen LogP contribution in [0.2, 0.25) is 5.02 Å². The van der Waals surface area contributed by atoms with Crippen molar-refractivity contribution in [1.29, 1.82) is 0 Å². The predicted molar refractivity (Wildman–Crippen MR) is 111 cm³/mol. The lowest BCUT2D eigenvalue weighted by Crippen LogP contribution is -2.29. The normalized spacial score (nSPS) is 11.9. The number of anilines is 1. The molecule has 29 heavy (non-hydrogen) atoms. The second kappa shape index (κ2) is 11.1. The summed E-state index contributed by atoms with van der Waals surface area (Å²) in [5.74, 6) is -0.821. The van der Waals surface area contributed by atoms with Crippen molar-refractivity contribution < 1.29 is 29.1 Å². The summed E-state index contributed by atoms with van der Waals surface area (Å²) in [7, 11) is -2.01. The molecule has 0 aliphatic heterocycles. The molecule has 2 rings (SSSR count). The van der Waals surface area contributed by atoms with Gasteiger partial charge in [-0.3, -0.25) is 0 Å². The fourth-order valence-electron chi connectivity index (χ4n) is 2.74. The van der Waals surface area contributed by atoms with Gasteiger partial charge in [0.25, 0.3) is 0 Å². The monoisotopic (exact) mass is 442 g/mol. The molecule has 5 N–H and O–H groups in total. The van der Waals surface area contributed by atoms with E-state index in [-0.39, 0.29) is 29.4 Å². The predicted octanol–water partition coefficient (Wildman–Crippen LogP) is 2.38. The van der Waals surface area contributed by atoms with Crippen molar-refractivity contribution in [2.75, 3.05) is 31.2 Å². The van der Waals surface area contributed by atoms with Crippen molar-refractivity contribution in [2.45, 2.75) is 17.7 Å². The molecule has 1 atom stereocenters. The van der Waals surface area contributed by atoms with E-state index in [1.54, 1.807) is 29.2 Å². The second-order valence-corrected chi connectivity index (χ2v) is 7.53. The number of halogens is 1. The Balaban J connectivity index is 2.59. The van der Waals surface area contributed by atoms with Gasteiger partial charge in [0.1, 0.15) is 22.5 Å². The van der Waals surface area contributed by atoms with Crippen LogP contribution in [0, 0.1) is 0 Å². The van der Waals surface area contributed by atoms with Crippen LogP contribution in [0.5, 0.6) is 11.5 Å². The van der Waals surface area contributed by atoms with Crippen molar-refractivity contribution >= 4 is 34.2 Å². The lowest BCUT2D eigenvalue weighted by Gasteiger charge is -2.27. The average Bonchev–Trinajstić information content (AvgIpc) is 2.69. The lowest BCUT2D eigenvalue weighted by molar-refractivity contribution is 0.0697. The van der Waals surface area contributed by atoms with E-state index in [1.807, 2.05) is 0 Å². The van der Waals surface area contributed by atoms with Crippen molar-refractivity contribution in [3.63, 3.8) is 0 Å². The summed E-state index contributed by atoms with van der Waals surface area (Å²) in [6, 6.07) is 9.33. The van der Waals surface area contributed by atoms with Crippen LogP contribution < -0.4 is 14.8 Å². The number of carboxylic acids is 1. The SMILES string of the molecule is NS(=O)c1cc(C(=O)O)c(N(CCCO)CCCO)cc1Oc1ccccc1Cl. The summed E-state index contributed by atoms with van der Waals surface area (Å²) < 4.78 is 17.9. The molecule has 2 aromatic carbocycles. The number of benzene rings is 2. The van der Waals surface area contributed by atoms with Gasteiger partial charge in [-0.2, -0.15) is 0 Å². The number of aromatic carboxylic acids is 1. The molecular weight excluding hydrogens is 420 g/mol. The zero-order valence-electron chi connectivity index (χ0n) is 15.6. The summed E-state index contributed by atoms with van der Waals surface area (Å²) in [6.07, 6.45) is 0.797. The minimum atomic E-state index is -2.01. The van der Waals surface area contributed by atoms with Crippen molar-refractivity contribution in [3.8, 4) is 11.5 Å². The summed E-state index contributed by atoms with van der Waals surface area (Å²) in [5.41, 5.74) is 0.192. The van der Waals surface area contributed by atoms with Crippen LogP contribution in [-0.4, -0.2) is 51.8 Å². The molecule has 158 valence electrons. The molecule has 0 aliphatic rings. The Labute approximate surface area is 176 Å². The number of carboxylic acid groups (broad SMARTS) is 1. The van der Waals surface area contributed by atoms with Gasteiger partial charge in [0.05, 0.1) is 21.2 Å². The maximum absolute atomic E-state index is 12.0. The maximum Gasteiger partial charge on any atom is 0.337 e.